The van der Waals surface area contributed by atoms with Gasteiger partial charge in [-0.05, 0) is 38.3 Å². The molecule has 0 heterocycles. The van der Waals surface area contributed by atoms with E-state index in [1.165, 1.54) is 12.1 Å². The fraction of sp³-hybridized carbons (Fsp3) is 0.588. The molecule has 0 bridgehead atoms. The minimum Gasteiger partial charge on any atom is -0.465 e. The molecule has 4 N–H and O–H groups in total. The molecule has 1 fully saturated rings. The molecule has 1 atom stereocenters. The lowest BCUT2D eigenvalue weighted by Crippen LogP contribution is -2.48. The maximum absolute atomic E-state index is 12.6. The molecule has 1 aromatic rings. The summed E-state index contributed by atoms with van der Waals surface area (Å²) in [6.45, 7) is 1.77. The van der Waals surface area contributed by atoms with Crippen LogP contribution in [0.3, 0.4) is 0 Å². The number of hydrogen-bond acceptors (Lipinski definition) is 4. The first kappa shape index (κ1) is 19.7. The van der Waals surface area contributed by atoms with Gasteiger partial charge < -0.3 is 15.5 Å². The van der Waals surface area contributed by atoms with Crippen LogP contribution in [0.4, 0.5) is 4.79 Å². The molecule has 0 radical (unpaired) electrons. The van der Waals surface area contributed by atoms with Crippen LogP contribution in [0, 0.1) is 6.92 Å². The minimum absolute atomic E-state index is 0.0945. The summed E-state index contributed by atoms with van der Waals surface area (Å²) in [6.07, 6.45) is 2.98. The van der Waals surface area contributed by atoms with Gasteiger partial charge in [-0.1, -0.05) is 37.0 Å². The van der Waals surface area contributed by atoms with Crippen LogP contribution in [0.2, 0.25) is 0 Å². The summed E-state index contributed by atoms with van der Waals surface area (Å²) in [5.74, 6) is 0. The van der Waals surface area contributed by atoms with Crippen LogP contribution in [0.1, 0.15) is 44.1 Å². The molecule has 0 spiro atoms. The monoisotopic (exact) mass is 370 g/mol. The zero-order chi connectivity index (χ0) is 18.5. The molecule has 0 aliphatic heterocycles. The number of nitrogens with one attached hydrogen (secondary N) is 2. The number of benzene rings is 1. The Morgan fingerprint density at radius 1 is 1.20 bits per heavy atom. The summed E-state index contributed by atoms with van der Waals surface area (Å²) in [4.78, 5) is 10.9. The maximum atomic E-state index is 12.6. The van der Waals surface area contributed by atoms with E-state index in [2.05, 4.69) is 10.0 Å². The van der Waals surface area contributed by atoms with E-state index in [-0.39, 0.29) is 17.9 Å². The average molecular weight is 370 g/mol. The number of amides is 1. The van der Waals surface area contributed by atoms with Crippen LogP contribution in [-0.2, 0) is 10.0 Å². The number of hydrogen-bond donors (Lipinski definition) is 4. The summed E-state index contributed by atoms with van der Waals surface area (Å²) in [5.41, 5.74) is -0.0154. The number of carbonyl (C=O) groups is 1. The normalized spacial score (nSPS) is 18.5. The Kier molecular flexibility index (Phi) is 6.42. The summed E-state index contributed by atoms with van der Waals surface area (Å²) >= 11 is 0. The van der Waals surface area contributed by atoms with E-state index < -0.39 is 27.8 Å². The molecule has 25 heavy (non-hydrogen) atoms. The van der Waals surface area contributed by atoms with Gasteiger partial charge in [0.05, 0.1) is 10.5 Å². The third-order valence-corrected chi connectivity index (χ3v) is 6.10. The van der Waals surface area contributed by atoms with Crippen LogP contribution >= 0.6 is 0 Å². The molecule has 1 aromatic carbocycles. The molecular formula is C17H26N2O5S. The number of aliphatic hydroxyl groups is 1. The van der Waals surface area contributed by atoms with Gasteiger partial charge in [-0.3, -0.25) is 0 Å². The van der Waals surface area contributed by atoms with Crippen molar-refractivity contribution < 1.29 is 23.4 Å². The molecule has 8 heteroatoms. The molecular weight excluding hydrogens is 344 g/mol. The van der Waals surface area contributed by atoms with E-state index in [4.69, 9.17) is 5.11 Å². The van der Waals surface area contributed by atoms with E-state index >= 15 is 0 Å². The zero-order valence-corrected chi connectivity index (χ0v) is 15.2. The SMILES string of the molecule is Cc1ccc(S(=O)(=O)NC(CNC(=O)O)CC2(O)CCCCC2)cc1. The van der Waals surface area contributed by atoms with Gasteiger partial charge in [0.1, 0.15) is 0 Å². The molecule has 1 aliphatic carbocycles. The van der Waals surface area contributed by atoms with Crippen molar-refractivity contribution in [2.75, 3.05) is 6.54 Å². The average Bonchev–Trinajstić information content (AvgIpc) is 2.53. The number of rotatable bonds is 7. The van der Waals surface area contributed by atoms with E-state index in [9.17, 15) is 18.3 Å². The summed E-state index contributed by atoms with van der Waals surface area (Å²) in [6, 6.07) is 5.70. The van der Waals surface area contributed by atoms with E-state index in [0.717, 1.165) is 24.8 Å². The molecule has 0 saturated heterocycles. The Balaban J connectivity index is 2.13. The first-order valence-corrected chi connectivity index (χ1v) is 9.97. The van der Waals surface area contributed by atoms with Gasteiger partial charge >= 0.3 is 6.09 Å². The van der Waals surface area contributed by atoms with Crippen molar-refractivity contribution >= 4 is 16.1 Å². The molecule has 7 nitrogen and oxygen atoms in total. The molecule has 2 rings (SSSR count). The first-order valence-electron chi connectivity index (χ1n) is 8.48. The van der Waals surface area contributed by atoms with Crippen molar-refractivity contribution in [2.45, 2.75) is 62.0 Å². The Bertz CT molecular complexity index is 681. The second kappa shape index (κ2) is 8.16. The Hall–Kier alpha value is -1.64. The van der Waals surface area contributed by atoms with E-state index in [1.54, 1.807) is 12.1 Å². The Morgan fingerprint density at radius 3 is 2.36 bits per heavy atom. The van der Waals surface area contributed by atoms with Crippen molar-refractivity contribution in [1.29, 1.82) is 0 Å². The fourth-order valence-electron chi connectivity index (χ4n) is 3.24. The summed E-state index contributed by atoms with van der Waals surface area (Å²) < 4.78 is 27.7. The van der Waals surface area contributed by atoms with Gasteiger partial charge in [-0.2, -0.15) is 0 Å². The highest BCUT2D eigenvalue weighted by Crippen LogP contribution is 2.32. The number of aryl methyl sites for hydroxylation is 1. The lowest BCUT2D eigenvalue weighted by Gasteiger charge is -2.35. The molecule has 1 saturated carbocycles. The number of carboxylic acid groups (broad SMARTS) is 1. The van der Waals surface area contributed by atoms with Crippen molar-refractivity contribution in [3.05, 3.63) is 29.8 Å². The highest BCUT2D eigenvalue weighted by molar-refractivity contribution is 7.89. The van der Waals surface area contributed by atoms with Gasteiger partial charge in [-0.15, -0.1) is 0 Å². The standard InChI is InChI=1S/C17H26N2O5S/c1-13-5-7-15(8-6-13)25(23,24)19-14(12-18-16(20)21)11-17(22)9-3-2-4-10-17/h5-8,14,18-19,22H,2-4,9-12H2,1H3,(H,20,21). The predicted molar refractivity (Wildman–Crippen MR) is 94.0 cm³/mol. The summed E-state index contributed by atoms with van der Waals surface area (Å²) in [7, 11) is -3.80. The van der Waals surface area contributed by atoms with Crippen molar-refractivity contribution in [3.8, 4) is 0 Å². The Labute approximate surface area is 148 Å². The third kappa shape index (κ3) is 5.98. The van der Waals surface area contributed by atoms with Gasteiger partial charge in [0.2, 0.25) is 10.0 Å². The molecule has 1 unspecified atom stereocenters. The van der Waals surface area contributed by atoms with Crippen molar-refractivity contribution in [2.24, 2.45) is 0 Å². The fourth-order valence-corrected chi connectivity index (χ4v) is 4.48. The smallest absolute Gasteiger partial charge is 0.404 e. The lowest BCUT2D eigenvalue weighted by atomic mass is 9.80. The second-order valence-corrected chi connectivity index (χ2v) is 8.52. The molecule has 0 aromatic heterocycles. The van der Waals surface area contributed by atoms with Gasteiger partial charge in [0.25, 0.3) is 0 Å². The van der Waals surface area contributed by atoms with Crippen LogP contribution < -0.4 is 10.0 Å². The molecule has 1 amide bonds. The topological polar surface area (TPSA) is 116 Å². The second-order valence-electron chi connectivity index (χ2n) is 6.81. The number of sulfonamides is 1. The van der Waals surface area contributed by atoms with E-state index in [1.807, 2.05) is 6.92 Å². The lowest BCUT2D eigenvalue weighted by molar-refractivity contribution is -0.0103. The highest BCUT2D eigenvalue weighted by Gasteiger charge is 2.34. The predicted octanol–water partition coefficient (Wildman–Crippen LogP) is 1.99. The van der Waals surface area contributed by atoms with Gasteiger partial charge in [0.15, 0.2) is 0 Å². The Morgan fingerprint density at radius 2 is 1.80 bits per heavy atom. The van der Waals surface area contributed by atoms with E-state index in [0.29, 0.717) is 12.8 Å². The van der Waals surface area contributed by atoms with Crippen molar-refractivity contribution in [3.63, 3.8) is 0 Å². The van der Waals surface area contributed by atoms with Crippen LogP contribution in [0.25, 0.3) is 0 Å². The third-order valence-electron chi connectivity index (χ3n) is 4.56. The van der Waals surface area contributed by atoms with Gasteiger partial charge in [-0.25, -0.2) is 17.9 Å². The first-order chi connectivity index (χ1) is 11.7. The van der Waals surface area contributed by atoms with Crippen LogP contribution in [-0.4, -0.2) is 42.9 Å². The van der Waals surface area contributed by atoms with Gasteiger partial charge in [0, 0.05) is 12.6 Å². The van der Waals surface area contributed by atoms with Crippen LogP contribution in [0.15, 0.2) is 29.2 Å². The largest absolute Gasteiger partial charge is 0.465 e. The maximum Gasteiger partial charge on any atom is 0.404 e. The molecule has 140 valence electrons. The molecule has 1 aliphatic rings. The quantitative estimate of drug-likeness (QED) is 0.586. The minimum atomic E-state index is -3.80. The summed E-state index contributed by atoms with van der Waals surface area (Å²) in [5, 5.41) is 21.7. The van der Waals surface area contributed by atoms with Crippen molar-refractivity contribution in [1.82, 2.24) is 10.0 Å². The van der Waals surface area contributed by atoms with Crippen LogP contribution in [0.5, 0.6) is 0 Å². The zero-order valence-electron chi connectivity index (χ0n) is 14.4. The highest BCUT2D eigenvalue weighted by atomic mass is 32.2.